The molecule has 190 valence electrons. The third kappa shape index (κ3) is 5.69. The molecule has 0 amide bonds. The topological polar surface area (TPSA) is 105 Å². The number of hydroxylamine groups is 1. The predicted molar refractivity (Wildman–Crippen MR) is 137 cm³/mol. The summed E-state index contributed by atoms with van der Waals surface area (Å²) in [4.78, 5) is 9.68. The van der Waals surface area contributed by atoms with E-state index in [1.807, 2.05) is 13.0 Å². The average molecular weight is 533 g/mol. The molecule has 4 aromatic rings. The molecule has 0 bridgehead atoms. The van der Waals surface area contributed by atoms with Crippen LogP contribution in [-0.2, 0) is 21.7 Å². The Bertz CT molecular complexity index is 1480. The van der Waals surface area contributed by atoms with Gasteiger partial charge < -0.3 is 15.0 Å². The van der Waals surface area contributed by atoms with Crippen LogP contribution in [0.5, 0.6) is 0 Å². The third-order valence-electron chi connectivity index (χ3n) is 5.63. The maximum absolute atomic E-state index is 15.5. The van der Waals surface area contributed by atoms with Gasteiger partial charge in [0.05, 0.1) is 45.5 Å². The van der Waals surface area contributed by atoms with Crippen LogP contribution < -0.4 is 10.8 Å². The first-order chi connectivity index (χ1) is 17.2. The molecule has 1 heterocycles. The summed E-state index contributed by atoms with van der Waals surface area (Å²) in [6.45, 7) is 1.89. The zero-order chi connectivity index (χ0) is 25.9. The molecule has 3 N–H and O–H groups in total. The molecule has 0 fully saturated rings. The molecule has 1 unspecified atom stereocenters. The number of aliphatic hydroxyl groups is 1. The van der Waals surface area contributed by atoms with Crippen LogP contribution in [0.1, 0.15) is 23.8 Å². The number of nitrogens with one attached hydrogen (secondary N) is 2. The van der Waals surface area contributed by atoms with Crippen molar-refractivity contribution in [1.82, 2.24) is 15.0 Å². The van der Waals surface area contributed by atoms with Gasteiger partial charge in [0.25, 0.3) is 0 Å². The largest absolute Gasteiger partial charge is 0.372 e. The van der Waals surface area contributed by atoms with Crippen molar-refractivity contribution in [3.05, 3.63) is 82.9 Å². The van der Waals surface area contributed by atoms with Crippen LogP contribution >= 0.6 is 11.6 Å². The third-order valence-corrected chi connectivity index (χ3v) is 7.76. The highest BCUT2D eigenvalue weighted by molar-refractivity contribution is 7.91. The van der Waals surface area contributed by atoms with Gasteiger partial charge in [0.15, 0.2) is 21.9 Å². The Kier molecular flexibility index (Phi) is 7.91. The molecule has 4 rings (SSSR count). The molecule has 0 aliphatic carbocycles. The highest BCUT2D eigenvalue weighted by Gasteiger charge is 2.22. The molecule has 0 aliphatic heterocycles. The lowest BCUT2D eigenvalue weighted by atomic mass is 10.1. The van der Waals surface area contributed by atoms with Gasteiger partial charge >= 0.3 is 0 Å². The number of hydrogen-bond donors (Lipinski definition) is 3. The van der Waals surface area contributed by atoms with E-state index in [1.165, 1.54) is 18.5 Å². The van der Waals surface area contributed by atoms with Crippen molar-refractivity contribution >= 4 is 43.8 Å². The Labute approximate surface area is 213 Å². The Morgan fingerprint density at radius 3 is 2.67 bits per heavy atom. The second kappa shape index (κ2) is 10.9. The molecular weight excluding hydrogens is 507 g/mol. The lowest BCUT2D eigenvalue weighted by Crippen LogP contribution is -2.24. The number of aryl methyl sites for hydroxylation is 2. The van der Waals surface area contributed by atoms with Crippen LogP contribution in [0.4, 0.5) is 15.8 Å². The smallest absolute Gasteiger partial charge is 0.178 e. The summed E-state index contributed by atoms with van der Waals surface area (Å²) in [5.74, 6) is -0.780. The maximum Gasteiger partial charge on any atom is 0.178 e. The number of benzene rings is 3. The van der Waals surface area contributed by atoms with E-state index in [0.29, 0.717) is 16.2 Å². The number of rotatable bonds is 10. The number of imidazole rings is 1. The number of aromatic nitrogens is 2. The molecule has 11 heteroatoms. The van der Waals surface area contributed by atoms with Crippen LogP contribution in [-0.4, -0.2) is 35.4 Å². The monoisotopic (exact) mass is 532 g/mol. The van der Waals surface area contributed by atoms with Crippen molar-refractivity contribution < 1.29 is 22.8 Å². The summed E-state index contributed by atoms with van der Waals surface area (Å²) in [5, 5.41) is 14.2. The number of nitrogens with zero attached hydrogens (tertiary/aromatic N) is 2. The van der Waals surface area contributed by atoms with Crippen molar-refractivity contribution in [3.63, 3.8) is 0 Å². The van der Waals surface area contributed by atoms with Gasteiger partial charge in [0, 0.05) is 12.6 Å². The minimum Gasteiger partial charge on any atom is -0.372 e. The molecule has 1 atom stereocenters. The summed E-state index contributed by atoms with van der Waals surface area (Å²) in [6, 6.07) is 15.0. The molecule has 3 aromatic carbocycles. The van der Waals surface area contributed by atoms with Crippen molar-refractivity contribution in [3.8, 4) is 0 Å². The van der Waals surface area contributed by atoms with E-state index in [9.17, 15) is 13.5 Å². The lowest BCUT2D eigenvalue weighted by Gasteiger charge is -2.20. The van der Waals surface area contributed by atoms with E-state index in [4.69, 9.17) is 16.4 Å². The molecule has 0 saturated heterocycles. The molecule has 1 aromatic heterocycles. The fraction of sp³-hybridized carbons (Fsp3) is 0.240. The van der Waals surface area contributed by atoms with Crippen LogP contribution in [0.15, 0.2) is 65.8 Å². The fourth-order valence-electron chi connectivity index (χ4n) is 3.71. The second-order valence-corrected chi connectivity index (χ2v) is 10.9. The zero-order valence-corrected chi connectivity index (χ0v) is 21.3. The quantitative estimate of drug-likeness (QED) is 0.153. The predicted octanol–water partition coefficient (Wildman–Crippen LogP) is 4.79. The molecule has 0 spiro atoms. The standard InChI is InChI=1S/C25H26ClFN4O4S/c1-16-9-10-20(19(26)13-16)29-23-18(14-21-24(22(23)27)28-15-31(21)2)25(32)30-35-11-6-12-36(33,34)17-7-4-3-5-8-17/h3-5,7-10,13-15,25,29-30,32H,6,11-12H2,1-2H3. The molecule has 36 heavy (non-hydrogen) atoms. The first-order valence-corrected chi connectivity index (χ1v) is 13.2. The average Bonchev–Trinajstić information content (AvgIpc) is 3.23. The van der Waals surface area contributed by atoms with Crippen LogP contribution in [0.3, 0.4) is 0 Å². The van der Waals surface area contributed by atoms with E-state index in [-0.39, 0.29) is 40.4 Å². The van der Waals surface area contributed by atoms with E-state index >= 15 is 4.39 Å². The summed E-state index contributed by atoms with van der Waals surface area (Å²) < 4.78 is 41.9. The molecule has 0 radical (unpaired) electrons. The van der Waals surface area contributed by atoms with Crippen molar-refractivity contribution in [2.75, 3.05) is 17.7 Å². The van der Waals surface area contributed by atoms with E-state index in [0.717, 1.165) is 5.56 Å². The molecule has 0 aliphatic rings. The van der Waals surface area contributed by atoms with Crippen LogP contribution in [0, 0.1) is 12.7 Å². The number of halogens is 2. The van der Waals surface area contributed by atoms with Crippen molar-refractivity contribution in [2.24, 2.45) is 7.05 Å². The van der Waals surface area contributed by atoms with Crippen molar-refractivity contribution in [2.45, 2.75) is 24.5 Å². The molecule has 8 nitrogen and oxygen atoms in total. The van der Waals surface area contributed by atoms with Gasteiger partial charge in [-0.15, -0.1) is 0 Å². The van der Waals surface area contributed by atoms with Gasteiger partial charge in [-0.05, 0) is 49.2 Å². The van der Waals surface area contributed by atoms with E-state index in [2.05, 4.69) is 15.8 Å². The zero-order valence-electron chi connectivity index (χ0n) is 19.7. The number of aliphatic hydroxyl groups excluding tert-OH is 1. The van der Waals surface area contributed by atoms with Crippen molar-refractivity contribution in [1.29, 1.82) is 0 Å². The normalized spacial score (nSPS) is 12.7. The minimum atomic E-state index is -3.44. The minimum absolute atomic E-state index is 0.00606. The molecule has 0 saturated carbocycles. The second-order valence-electron chi connectivity index (χ2n) is 8.34. The van der Waals surface area contributed by atoms with Crippen LogP contribution in [0.2, 0.25) is 5.02 Å². The highest BCUT2D eigenvalue weighted by atomic mass is 35.5. The van der Waals surface area contributed by atoms with E-state index < -0.39 is 21.9 Å². The fourth-order valence-corrected chi connectivity index (χ4v) is 5.30. The Morgan fingerprint density at radius 1 is 1.19 bits per heavy atom. The number of hydrogen-bond acceptors (Lipinski definition) is 7. The highest BCUT2D eigenvalue weighted by Crippen LogP contribution is 2.35. The van der Waals surface area contributed by atoms with E-state index in [1.54, 1.807) is 48.0 Å². The van der Waals surface area contributed by atoms with Gasteiger partial charge in [-0.2, -0.15) is 5.48 Å². The Morgan fingerprint density at radius 2 is 1.94 bits per heavy atom. The summed E-state index contributed by atoms with van der Waals surface area (Å²) in [6.07, 6.45) is 0.232. The maximum atomic E-state index is 15.5. The SMILES string of the molecule is Cc1ccc(Nc2c(C(O)NOCCCS(=O)(=O)c3ccccc3)cc3c(ncn3C)c2F)c(Cl)c1. The number of fused-ring (bicyclic) bond motifs is 1. The van der Waals surface area contributed by atoms with Gasteiger partial charge in [-0.3, -0.25) is 4.84 Å². The van der Waals surface area contributed by atoms with Crippen LogP contribution in [0.25, 0.3) is 11.0 Å². The summed E-state index contributed by atoms with van der Waals surface area (Å²) in [7, 11) is -1.73. The Hall–Kier alpha value is -3.02. The van der Waals surface area contributed by atoms with Gasteiger partial charge in [0.1, 0.15) is 5.52 Å². The van der Waals surface area contributed by atoms with Gasteiger partial charge in [-0.25, -0.2) is 17.8 Å². The molecular formula is C25H26ClFN4O4S. The first-order valence-electron chi connectivity index (χ1n) is 11.2. The van der Waals surface area contributed by atoms with Gasteiger partial charge in [0.2, 0.25) is 0 Å². The Balaban J connectivity index is 1.49. The number of anilines is 2. The number of sulfone groups is 1. The van der Waals surface area contributed by atoms with Gasteiger partial charge in [-0.1, -0.05) is 35.9 Å². The first kappa shape index (κ1) is 26.1. The summed E-state index contributed by atoms with van der Waals surface area (Å²) >= 11 is 6.33. The summed E-state index contributed by atoms with van der Waals surface area (Å²) in [5.41, 5.74) is 4.62. The lowest BCUT2D eigenvalue weighted by molar-refractivity contribution is -0.0577.